The van der Waals surface area contributed by atoms with Crippen LogP contribution in [-0.4, -0.2) is 27.0 Å². The first kappa shape index (κ1) is 26.9. The number of hydrogen-bond acceptors (Lipinski definition) is 4. The van der Waals surface area contributed by atoms with Gasteiger partial charge < -0.3 is 9.30 Å². The predicted molar refractivity (Wildman–Crippen MR) is 156 cm³/mol. The number of fused-ring (bicyclic) bond motifs is 1. The fourth-order valence-corrected chi connectivity index (χ4v) is 4.57. The standard InChI is InChI=1S/C30H35BrN4O2/c1-8-19(2)28-33-27-14-9-23(31)16-26(27)29(36)35(28)32-17-22-15-20(3)34(21(22)4)24-10-12-25(13-11-24)37-18-30(5,6)7/h9-17,19H,8,18H2,1-7H3/t19-/m1/s1. The minimum absolute atomic E-state index is 0.0874. The summed E-state index contributed by atoms with van der Waals surface area (Å²) in [6.07, 6.45) is 2.62. The number of aryl methyl sites for hydroxylation is 1. The van der Waals surface area contributed by atoms with Gasteiger partial charge in [-0.15, -0.1) is 0 Å². The van der Waals surface area contributed by atoms with Gasteiger partial charge in [0.1, 0.15) is 11.6 Å². The Hall–Kier alpha value is -3.19. The van der Waals surface area contributed by atoms with Crippen molar-refractivity contribution in [1.82, 2.24) is 14.2 Å². The quantitative estimate of drug-likeness (QED) is 0.220. The van der Waals surface area contributed by atoms with E-state index in [1.807, 2.05) is 24.3 Å². The molecule has 0 amide bonds. The van der Waals surface area contributed by atoms with Crippen molar-refractivity contribution in [2.75, 3.05) is 6.61 Å². The minimum Gasteiger partial charge on any atom is -0.493 e. The first-order chi connectivity index (χ1) is 17.5. The van der Waals surface area contributed by atoms with Crippen LogP contribution in [0.3, 0.4) is 0 Å². The van der Waals surface area contributed by atoms with Gasteiger partial charge in [-0.3, -0.25) is 4.79 Å². The molecule has 0 aliphatic carbocycles. The maximum Gasteiger partial charge on any atom is 0.282 e. The van der Waals surface area contributed by atoms with Crippen molar-refractivity contribution in [3.8, 4) is 11.4 Å². The molecule has 2 aromatic heterocycles. The molecule has 4 rings (SSSR count). The highest BCUT2D eigenvalue weighted by atomic mass is 79.9. The van der Waals surface area contributed by atoms with Crippen LogP contribution in [0.5, 0.6) is 5.75 Å². The topological polar surface area (TPSA) is 61.4 Å². The van der Waals surface area contributed by atoms with E-state index in [0.717, 1.165) is 39.3 Å². The second-order valence-electron chi connectivity index (χ2n) is 10.8. The van der Waals surface area contributed by atoms with Crippen molar-refractivity contribution in [3.63, 3.8) is 0 Å². The summed E-state index contributed by atoms with van der Waals surface area (Å²) < 4.78 is 10.4. The zero-order valence-electron chi connectivity index (χ0n) is 22.7. The normalized spacial score (nSPS) is 13.0. The third-order valence-corrected chi connectivity index (χ3v) is 6.93. The number of aromatic nitrogens is 3. The van der Waals surface area contributed by atoms with E-state index in [0.29, 0.717) is 23.3 Å². The largest absolute Gasteiger partial charge is 0.493 e. The average molecular weight is 564 g/mol. The molecule has 0 saturated carbocycles. The van der Waals surface area contributed by atoms with E-state index < -0.39 is 0 Å². The van der Waals surface area contributed by atoms with Gasteiger partial charge in [-0.1, -0.05) is 50.5 Å². The molecule has 0 aliphatic heterocycles. The smallest absolute Gasteiger partial charge is 0.282 e. The Morgan fingerprint density at radius 3 is 2.46 bits per heavy atom. The van der Waals surface area contributed by atoms with Crippen LogP contribution >= 0.6 is 15.9 Å². The van der Waals surface area contributed by atoms with Crippen LogP contribution in [0.4, 0.5) is 0 Å². The molecule has 0 radical (unpaired) electrons. The van der Waals surface area contributed by atoms with Gasteiger partial charge in [0.05, 0.1) is 23.7 Å². The summed E-state index contributed by atoms with van der Waals surface area (Å²) in [7, 11) is 0. The molecular weight excluding hydrogens is 528 g/mol. The molecular formula is C30H35BrN4O2. The highest BCUT2D eigenvalue weighted by Crippen LogP contribution is 2.24. The van der Waals surface area contributed by atoms with Crippen molar-refractivity contribution < 1.29 is 4.74 Å². The summed E-state index contributed by atoms with van der Waals surface area (Å²) in [5.74, 6) is 1.61. The van der Waals surface area contributed by atoms with Gasteiger partial charge in [0.25, 0.3) is 5.56 Å². The molecule has 0 N–H and O–H groups in total. The Morgan fingerprint density at radius 1 is 1.11 bits per heavy atom. The number of halogens is 1. The summed E-state index contributed by atoms with van der Waals surface area (Å²) in [4.78, 5) is 18.2. The van der Waals surface area contributed by atoms with Gasteiger partial charge in [0.2, 0.25) is 0 Å². The van der Waals surface area contributed by atoms with Crippen LogP contribution in [0, 0.1) is 19.3 Å². The number of rotatable bonds is 7. The molecule has 1 atom stereocenters. The molecule has 0 aliphatic rings. The molecule has 37 heavy (non-hydrogen) atoms. The minimum atomic E-state index is -0.169. The molecule has 6 nitrogen and oxygen atoms in total. The fraction of sp³-hybridized carbons (Fsp3) is 0.367. The van der Waals surface area contributed by atoms with Gasteiger partial charge in [0.15, 0.2) is 0 Å². The number of benzene rings is 2. The molecule has 7 heteroatoms. The lowest BCUT2D eigenvalue weighted by Gasteiger charge is -2.19. The van der Waals surface area contributed by atoms with Crippen molar-refractivity contribution in [2.24, 2.45) is 10.5 Å². The Balaban J connectivity index is 1.70. The van der Waals surface area contributed by atoms with E-state index in [-0.39, 0.29) is 16.9 Å². The Morgan fingerprint density at radius 2 is 1.81 bits per heavy atom. The lowest BCUT2D eigenvalue weighted by Crippen LogP contribution is -2.23. The molecule has 0 fully saturated rings. The van der Waals surface area contributed by atoms with Crippen molar-refractivity contribution in [3.05, 3.63) is 86.1 Å². The zero-order valence-corrected chi connectivity index (χ0v) is 24.3. The van der Waals surface area contributed by atoms with Crippen LogP contribution in [-0.2, 0) is 0 Å². The number of nitrogens with zero attached hydrogens (tertiary/aromatic N) is 4. The number of hydrogen-bond donors (Lipinski definition) is 0. The first-order valence-electron chi connectivity index (χ1n) is 12.7. The van der Waals surface area contributed by atoms with Crippen LogP contribution in [0.15, 0.2) is 62.9 Å². The Labute approximate surface area is 227 Å². The van der Waals surface area contributed by atoms with E-state index >= 15 is 0 Å². The van der Waals surface area contributed by atoms with Crippen LogP contribution < -0.4 is 10.3 Å². The number of ether oxygens (including phenoxy) is 1. The van der Waals surface area contributed by atoms with Gasteiger partial charge >= 0.3 is 0 Å². The molecule has 4 aromatic rings. The summed E-state index contributed by atoms with van der Waals surface area (Å²) in [5.41, 5.74) is 4.74. The first-order valence-corrected chi connectivity index (χ1v) is 13.5. The summed E-state index contributed by atoms with van der Waals surface area (Å²) in [5, 5.41) is 5.20. The van der Waals surface area contributed by atoms with Crippen molar-refractivity contribution in [2.45, 2.75) is 60.8 Å². The van der Waals surface area contributed by atoms with Crippen molar-refractivity contribution >= 4 is 33.0 Å². The molecule has 0 bridgehead atoms. The maximum absolute atomic E-state index is 13.4. The molecule has 194 valence electrons. The van der Waals surface area contributed by atoms with E-state index in [9.17, 15) is 4.79 Å². The van der Waals surface area contributed by atoms with E-state index in [1.165, 1.54) is 4.68 Å². The van der Waals surface area contributed by atoms with Crippen LogP contribution in [0.1, 0.15) is 69.7 Å². The van der Waals surface area contributed by atoms with E-state index in [4.69, 9.17) is 9.72 Å². The second-order valence-corrected chi connectivity index (χ2v) is 11.7. The van der Waals surface area contributed by atoms with Gasteiger partial charge in [-0.25, -0.2) is 4.98 Å². The molecule has 0 saturated heterocycles. The second kappa shape index (κ2) is 10.7. The van der Waals surface area contributed by atoms with E-state index in [2.05, 4.69) is 92.3 Å². The molecule has 0 spiro atoms. The zero-order chi connectivity index (χ0) is 26.9. The Kier molecular flexibility index (Phi) is 7.74. The average Bonchev–Trinajstić information content (AvgIpc) is 3.14. The van der Waals surface area contributed by atoms with Crippen LogP contribution in [0.25, 0.3) is 16.6 Å². The monoisotopic (exact) mass is 562 g/mol. The maximum atomic E-state index is 13.4. The molecule has 2 aromatic carbocycles. The highest BCUT2D eigenvalue weighted by molar-refractivity contribution is 9.10. The van der Waals surface area contributed by atoms with Gasteiger partial charge in [-0.05, 0) is 74.2 Å². The lowest BCUT2D eigenvalue weighted by molar-refractivity contribution is 0.198. The predicted octanol–water partition coefficient (Wildman–Crippen LogP) is 7.39. The molecule has 0 unspecified atom stereocenters. The third-order valence-electron chi connectivity index (χ3n) is 6.44. The summed E-state index contributed by atoms with van der Waals surface area (Å²) in [6, 6.07) is 15.8. The van der Waals surface area contributed by atoms with Crippen LogP contribution in [0.2, 0.25) is 0 Å². The molecule has 2 heterocycles. The lowest BCUT2D eigenvalue weighted by atomic mass is 9.99. The fourth-order valence-electron chi connectivity index (χ4n) is 4.21. The van der Waals surface area contributed by atoms with E-state index in [1.54, 1.807) is 12.3 Å². The van der Waals surface area contributed by atoms with Gasteiger partial charge in [-0.2, -0.15) is 9.78 Å². The third kappa shape index (κ3) is 5.87. The van der Waals surface area contributed by atoms with Crippen molar-refractivity contribution in [1.29, 1.82) is 0 Å². The Bertz CT molecular complexity index is 1510. The van der Waals surface area contributed by atoms with Gasteiger partial charge in [0, 0.05) is 33.0 Å². The highest BCUT2D eigenvalue weighted by Gasteiger charge is 2.17. The SMILES string of the molecule is CC[C@@H](C)c1nc2ccc(Br)cc2c(=O)n1N=Cc1cc(C)n(-c2ccc(OCC(C)(C)C)cc2)c1C. The summed E-state index contributed by atoms with van der Waals surface area (Å²) in [6.45, 7) is 15.4. The summed E-state index contributed by atoms with van der Waals surface area (Å²) >= 11 is 3.47.